The molecule has 12 heteroatoms. The summed E-state index contributed by atoms with van der Waals surface area (Å²) in [6.07, 6.45) is 1.51. The van der Waals surface area contributed by atoms with Gasteiger partial charge in [-0.25, -0.2) is 19.3 Å². The molecule has 0 unspecified atom stereocenters. The minimum atomic E-state index is -4.36. The van der Waals surface area contributed by atoms with Crippen molar-refractivity contribution in [3.05, 3.63) is 47.1 Å². The quantitative estimate of drug-likeness (QED) is 0.514. The van der Waals surface area contributed by atoms with E-state index in [0.717, 1.165) is 17.1 Å². The molecule has 134 valence electrons. The second-order valence-electron chi connectivity index (χ2n) is 5.01. The van der Waals surface area contributed by atoms with E-state index in [4.69, 9.17) is 11.6 Å². The average molecular weight is 397 g/mol. The maximum atomic E-state index is 13.9. The maximum absolute atomic E-state index is 13.9. The number of para-hydroxylation sites is 1. The molecular weight excluding hydrogens is 387 g/mol. The lowest BCUT2D eigenvalue weighted by Crippen LogP contribution is -2.18. The van der Waals surface area contributed by atoms with E-state index in [2.05, 4.69) is 20.1 Å². The van der Waals surface area contributed by atoms with Gasteiger partial charge in [-0.1, -0.05) is 17.7 Å². The van der Waals surface area contributed by atoms with Crippen LogP contribution in [0.4, 0.5) is 10.1 Å². The number of carbonyl (C=O) groups is 1. The van der Waals surface area contributed by atoms with Crippen LogP contribution in [-0.2, 0) is 14.8 Å². The fourth-order valence-electron chi connectivity index (χ4n) is 2.06. The molecule has 0 fully saturated rings. The fourth-order valence-corrected chi connectivity index (χ4v) is 3.38. The van der Waals surface area contributed by atoms with Crippen molar-refractivity contribution >= 4 is 33.7 Å². The Morgan fingerprint density at radius 2 is 2.08 bits per heavy atom. The molecule has 0 radical (unpaired) electrons. The smallest absolute Gasteiger partial charge is 0.276 e. The number of halogens is 2. The number of anilines is 1. The molecule has 0 amide bonds. The first-order valence-corrected chi connectivity index (χ1v) is 8.85. The Balaban J connectivity index is 2.07. The summed E-state index contributed by atoms with van der Waals surface area (Å²) < 4.78 is 41.9. The highest BCUT2D eigenvalue weighted by atomic mass is 35.5. The van der Waals surface area contributed by atoms with Crippen LogP contribution in [0.1, 0.15) is 5.69 Å². The summed E-state index contributed by atoms with van der Waals surface area (Å²) in [5.41, 5.74) is -0.0746. The van der Waals surface area contributed by atoms with Gasteiger partial charge >= 0.3 is 0 Å². The number of nitrogens with zero attached hydrogens (tertiary/aromatic N) is 5. The molecule has 26 heavy (non-hydrogen) atoms. The minimum absolute atomic E-state index is 0.0332. The van der Waals surface area contributed by atoms with Crippen LogP contribution in [0.3, 0.4) is 0 Å². The third kappa shape index (κ3) is 3.39. The third-order valence-corrected chi connectivity index (χ3v) is 4.63. The Morgan fingerprint density at radius 1 is 1.31 bits per heavy atom. The number of aromatic nitrogens is 5. The molecule has 9 nitrogen and oxygen atoms in total. The van der Waals surface area contributed by atoms with E-state index < -0.39 is 26.7 Å². The number of sulfonamides is 1. The Morgan fingerprint density at radius 3 is 2.77 bits per heavy atom. The van der Waals surface area contributed by atoms with Gasteiger partial charge in [-0.05, 0) is 25.1 Å². The highest BCUT2D eigenvalue weighted by Crippen LogP contribution is 2.27. The van der Waals surface area contributed by atoms with Crippen molar-refractivity contribution in [2.75, 3.05) is 4.72 Å². The van der Waals surface area contributed by atoms with E-state index in [1.807, 2.05) is 4.72 Å². The van der Waals surface area contributed by atoms with Crippen LogP contribution in [0.15, 0.2) is 35.7 Å². The first kappa shape index (κ1) is 17.9. The largest absolute Gasteiger partial charge is 0.297 e. The van der Waals surface area contributed by atoms with E-state index in [1.165, 1.54) is 25.1 Å². The summed E-state index contributed by atoms with van der Waals surface area (Å²) in [4.78, 5) is 22.6. The molecule has 0 bridgehead atoms. The van der Waals surface area contributed by atoms with Gasteiger partial charge in [0.25, 0.3) is 15.2 Å². The summed E-state index contributed by atoms with van der Waals surface area (Å²) >= 11 is 5.84. The SMILES string of the molecule is Cc1cc(-c2ncnn2C=O)nc(S(=O)(=O)Nc2c(F)cccc2Cl)n1. The van der Waals surface area contributed by atoms with Crippen molar-refractivity contribution in [1.29, 1.82) is 0 Å². The minimum Gasteiger partial charge on any atom is -0.276 e. The number of aryl methyl sites for hydroxylation is 1. The van der Waals surface area contributed by atoms with E-state index in [-0.39, 0.29) is 22.2 Å². The van der Waals surface area contributed by atoms with Gasteiger partial charge in [0.2, 0.25) is 6.41 Å². The van der Waals surface area contributed by atoms with Crippen molar-refractivity contribution < 1.29 is 17.6 Å². The highest BCUT2D eigenvalue weighted by molar-refractivity contribution is 7.92. The monoisotopic (exact) mass is 396 g/mol. The molecule has 0 aliphatic heterocycles. The Labute approximate surface area is 151 Å². The molecule has 0 aliphatic rings. The van der Waals surface area contributed by atoms with Crippen molar-refractivity contribution in [3.63, 3.8) is 0 Å². The van der Waals surface area contributed by atoms with Crippen LogP contribution in [0.25, 0.3) is 11.5 Å². The summed E-state index contributed by atoms with van der Waals surface area (Å²) in [6, 6.07) is 5.15. The topological polar surface area (TPSA) is 120 Å². The van der Waals surface area contributed by atoms with Gasteiger partial charge in [0.05, 0.1) is 5.02 Å². The predicted molar refractivity (Wildman–Crippen MR) is 90.2 cm³/mol. The summed E-state index contributed by atoms with van der Waals surface area (Å²) in [5.74, 6) is -0.819. The number of rotatable bonds is 5. The fraction of sp³-hybridized carbons (Fsp3) is 0.0714. The zero-order chi connectivity index (χ0) is 18.9. The first-order valence-electron chi connectivity index (χ1n) is 6.99. The lowest BCUT2D eigenvalue weighted by Gasteiger charge is -2.10. The van der Waals surface area contributed by atoms with Crippen LogP contribution in [-0.4, -0.2) is 39.6 Å². The number of nitrogens with one attached hydrogen (secondary N) is 1. The molecule has 3 aromatic rings. The summed E-state index contributed by atoms with van der Waals surface area (Å²) in [7, 11) is -4.36. The van der Waals surface area contributed by atoms with Crippen LogP contribution < -0.4 is 4.72 Å². The van der Waals surface area contributed by atoms with Crippen LogP contribution >= 0.6 is 11.6 Å². The molecule has 0 spiro atoms. The van der Waals surface area contributed by atoms with Gasteiger partial charge in [-0.2, -0.15) is 18.2 Å². The van der Waals surface area contributed by atoms with Crippen molar-refractivity contribution in [1.82, 2.24) is 24.7 Å². The molecule has 1 N–H and O–H groups in total. The molecule has 3 rings (SSSR count). The second kappa shape index (κ2) is 6.77. The standard InChI is InChI=1S/C14H10ClFN6O3S/c1-8-5-11(13-17-6-18-22(13)7-23)20-14(19-8)26(24,25)21-12-9(15)3-2-4-10(12)16/h2-7,21H,1H3. The van der Waals surface area contributed by atoms with E-state index in [9.17, 15) is 17.6 Å². The Bertz CT molecular complexity index is 1080. The van der Waals surface area contributed by atoms with Crippen LogP contribution in [0.5, 0.6) is 0 Å². The molecule has 2 heterocycles. The van der Waals surface area contributed by atoms with Gasteiger partial charge in [0, 0.05) is 5.69 Å². The molecule has 2 aromatic heterocycles. The predicted octanol–water partition coefficient (Wildman–Crippen LogP) is 1.68. The zero-order valence-electron chi connectivity index (χ0n) is 13.1. The van der Waals surface area contributed by atoms with Gasteiger partial charge in [0.1, 0.15) is 23.5 Å². The Kier molecular flexibility index (Phi) is 4.66. The van der Waals surface area contributed by atoms with E-state index in [1.54, 1.807) is 0 Å². The molecule has 0 saturated heterocycles. The first-order chi connectivity index (χ1) is 12.3. The summed E-state index contributed by atoms with van der Waals surface area (Å²) in [5, 5.41) is 2.91. The van der Waals surface area contributed by atoms with Crippen LogP contribution in [0, 0.1) is 12.7 Å². The normalized spacial score (nSPS) is 11.3. The zero-order valence-corrected chi connectivity index (χ0v) is 14.7. The lowest BCUT2D eigenvalue weighted by molar-refractivity contribution is 0.541. The van der Waals surface area contributed by atoms with E-state index >= 15 is 0 Å². The molecule has 0 atom stereocenters. The van der Waals surface area contributed by atoms with E-state index in [0.29, 0.717) is 6.41 Å². The summed E-state index contributed by atoms with van der Waals surface area (Å²) in [6.45, 7) is 1.53. The second-order valence-corrected chi connectivity index (χ2v) is 7.00. The van der Waals surface area contributed by atoms with Crippen LogP contribution in [0.2, 0.25) is 5.02 Å². The number of hydrogen-bond donors (Lipinski definition) is 1. The molecule has 0 saturated carbocycles. The number of carbonyl (C=O) groups excluding carboxylic acids is 1. The number of benzene rings is 1. The maximum Gasteiger partial charge on any atom is 0.297 e. The highest BCUT2D eigenvalue weighted by Gasteiger charge is 2.23. The van der Waals surface area contributed by atoms with Gasteiger partial charge in [0.15, 0.2) is 5.82 Å². The van der Waals surface area contributed by atoms with Crippen molar-refractivity contribution in [2.24, 2.45) is 0 Å². The number of hydrogen-bond acceptors (Lipinski definition) is 7. The molecule has 1 aromatic carbocycles. The lowest BCUT2D eigenvalue weighted by atomic mass is 10.3. The molecule has 0 aliphatic carbocycles. The van der Waals surface area contributed by atoms with Crippen molar-refractivity contribution in [2.45, 2.75) is 12.1 Å². The van der Waals surface area contributed by atoms with Gasteiger partial charge < -0.3 is 0 Å². The Hall–Kier alpha value is -2.92. The van der Waals surface area contributed by atoms with Crippen molar-refractivity contribution in [3.8, 4) is 11.5 Å². The van der Waals surface area contributed by atoms with Gasteiger partial charge in [-0.15, -0.1) is 0 Å². The third-order valence-electron chi connectivity index (χ3n) is 3.18. The average Bonchev–Trinajstić information content (AvgIpc) is 3.06. The molecular formula is C14H10ClFN6O3S. The van der Waals surface area contributed by atoms with Gasteiger partial charge in [-0.3, -0.25) is 9.52 Å².